The van der Waals surface area contributed by atoms with Gasteiger partial charge in [-0.2, -0.15) is 0 Å². The standard InChI is InChI=1S/C11H7O3/c12-10-8-4-2-1-3-7(8)5-6-9(10)11(13)14/h1-4,6,12H,(H,13,14). The lowest BCUT2D eigenvalue weighted by molar-refractivity contribution is 0.0694. The van der Waals surface area contributed by atoms with E-state index in [0.29, 0.717) is 10.8 Å². The van der Waals surface area contributed by atoms with Gasteiger partial charge in [-0.1, -0.05) is 24.3 Å². The van der Waals surface area contributed by atoms with Crippen LogP contribution in [0.2, 0.25) is 0 Å². The SMILES string of the molecule is O=C(O)c1c[c]c2ccccc2c1O. The molecule has 1 radical (unpaired) electrons. The van der Waals surface area contributed by atoms with Crippen molar-refractivity contribution in [3.05, 3.63) is 42.0 Å². The summed E-state index contributed by atoms with van der Waals surface area (Å²) in [6.45, 7) is 0. The topological polar surface area (TPSA) is 57.5 Å². The molecule has 0 spiro atoms. The summed E-state index contributed by atoms with van der Waals surface area (Å²) in [6, 6.07) is 11.0. The summed E-state index contributed by atoms with van der Waals surface area (Å²) >= 11 is 0. The Kier molecular flexibility index (Phi) is 1.85. The zero-order valence-electron chi connectivity index (χ0n) is 7.19. The molecule has 0 atom stereocenters. The summed E-state index contributed by atoms with van der Waals surface area (Å²) in [6.07, 6.45) is 0. The number of benzene rings is 2. The fraction of sp³-hybridized carbons (Fsp3) is 0. The van der Waals surface area contributed by atoms with Gasteiger partial charge in [-0.3, -0.25) is 0 Å². The number of aromatic carboxylic acids is 1. The van der Waals surface area contributed by atoms with Crippen LogP contribution < -0.4 is 0 Å². The maximum atomic E-state index is 10.7. The highest BCUT2D eigenvalue weighted by Crippen LogP contribution is 2.27. The van der Waals surface area contributed by atoms with Crippen molar-refractivity contribution in [1.82, 2.24) is 0 Å². The molecule has 0 aliphatic carbocycles. The van der Waals surface area contributed by atoms with Gasteiger partial charge in [-0.05, 0) is 17.5 Å². The van der Waals surface area contributed by atoms with E-state index >= 15 is 0 Å². The Morgan fingerprint density at radius 2 is 2.00 bits per heavy atom. The Morgan fingerprint density at radius 1 is 1.29 bits per heavy atom. The zero-order valence-corrected chi connectivity index (χ0v) is 7.19. The smallest absolute Gasteiger partial charge is 0.339 e. The summed E-state index contributed by atoms with van der Waals surface area (Å²) in [4.78, 5) is 10.7. The third-order valence-corrected chi connectivity index (χ3v) is 2.04. The van der Waals surface area contributed by atoms with E-state index in [1.807, 2.05) is 0 Å². The Morgan fingerprint density at radius 3 is 2.71 bits per heavy atom. The Hall–Kier alpha value is -2.03. The molecule has 0 unspecified atom stereocenters. The molecule has 14 heavy (non-hydrogen) atoms. The molecule has 0 bridgehead atoms. The van der Waals surface area contributed by atoms with Crippen LogP contribution in [0, 0.1) is 6.07 Å². The number of hydrogen-bond acceptors (Lipinski definition) is 2. The monoisotopic (exact) mass is 187 g/mol. The van der Waals surface area contributed by atoms with Crippen LogP contribution in [0.25, 0.3) is 10.8 Å². The van der Waals surface area contributed by atoms with Crippen LogP contribution in [-0.2, 0) is 0 Å². The third-order valence-electron chi connectivity index (χ3n) is 2.04. The molecule has 2 aromatic carbocycles. The molecule has 0 saturated carbocycles. The molecule has 2 aromatic rings. The highest BCUT2D eigenvalue weighted by molar-refractivity contribution is 5.99. The van der Waals surface area contributed by atoms with Crippen LogP contribution >= 0.6 is 0 Å². The molecule has 2 rings (SSSR count). The second-order valence-corrected chi connectivity index (χ2v) is 2.90. The summed E-state index contributed by atoms with van der Waals surface area (Å²) in [7, 11) is 0. The van der Waals surface area contributed by atoms with Crippen LogP contribution in [0.3, 0.4) is 0 Å². The van der Waals surface area contributed by atoms with Crippen LogP contribution in [0.15, 0.2) is 30.3 Å². The summed E-state index contributed by atoms with van der Waals surface area (Å²) in [5.41, 5.74) is -0.122. The summed E-state index contributed by atoms with van der Waals surface area (Å²) in [5, 5.41) is 19.6. The van der Waals surface area contributed by atoms with Crippen LogP contribution in [0.4, 0.5) is 0 Å². The van der Waals surface area contributed by atoms with Gasteiger partial charge >= 0.3 is 5.97 Å². The van der Waals surface area contributed by atoms with Crippen LogP contribution in [0.1, 0.15) is 10.4 Å². The minimum Gasteiger partial charge on any atom is -0.506 e. The van der Waals surface area contributed by atoms with E-state index in [-0.39, 0.29) is 11.3 Å². The second kappa shape index (κ2) is 3.03. The van der Waals surface area contributed by atoms with Gasteiger partial charge in [0.1, 0.15) is 11.3 Å². The molecular formula is C11H7O3. The van der Waals surface area contributed by atoms with E-state index in [1.54, 1.807) is 24.3 Å². The van der Waals surface area contributed by atoms with E-state index in [9.17, 15) is 9.90 Å². The quantitative estimate of drug-likeness (QED) is 0.718. The molecule has 0 amide bonds. The first kappa shape index (κ1) is 8.56. The zero-order chi connectivity index (χ0) is 10.1. The van der Waals surface area contributed by atoms with Crippen molar-refractivity contribution in [3.8, 4) is 5.75 Å². The van der Waals surface area contributed by atoms with Crippen molar-refractivity contribution < 1.29 is 15.0 Å². The maximum absolute atomic E-state index is 10.7. The van der Waals surface area contributed by atoms with Crippen molar-refractivity contribution in [2.75, 3.05) is 0 Å². The number of carboxylic acid groups (broad SMARTS) is 1. The molecule has 0 fully saturated rings. The number of carboxylic acids is 1. The van der Waals surface area contributed by atoms with Gasteiger partial charge in [0.05, 0.1) is 0 Å². The van der Waals surface area contributed by atoms with E-state index < -0.39 is 5.97 Å². The number of rotatable bonds is 1. The molecule has 0 aliphatic heterocycles. The lowest BCUT2D eigenvalue weighted by Crippen LogP contribution is -1.96. The normalized spacial score (nSPS) is 10.3. The van der Waals surface area contributed by atoms with Crippen LogP contribution in [0.5, 0.6) is 5.75 Å². The molecule has 69 valence electrons. The lowest BCUT2D eigenvalue weighted by atomic mass is 10.1. The molecule has 0 aromatic heterocycles. The van der Waals surface area contributed by atoms with E-state index in [1.165, 1.54) is 6.07 Å². The van der Waals surface area contributed by atoms with E-state index in [0.717, 1.165) is 0 Å². The van der Waals surface area contributed by atoms with Gasteiger partial charge in [0.2, 0.25) is 0 Å². The largest absolute Gasteiger partial charge is 0.506 e. The van der Waals surface area contributed by atoms with E-state index in [4.69, 9.17) is 5.11 Å². The minimum atomic E-state index is -1.15. The van der Waals surface area contributed by atoms with Crippen molar-refractivity contribution in [1.29, 1.82) is 0 Å². The first-order valence-electron chi connectivity index (χ1n) is 4.06. The number of aromatic hydroxyl groups is 1. The molecule has 0 saturated heterocycles. The molecule has 0 aliphatic rings. The van der Waals surface area contributed by atoms with Gasteiger partial charge in [0.15, 0.2) is 0 Å². The fourth-order valence-electron chi connectivity index (χ4n) is 1.34. The van der Waals surface area contributed by atoms with Gasteiger partial charge in [0.25, 0.3) is 0 Å². The average molecular weight is 187 g/mol. The van der Waals surface area contributed by atoms with Crippen molar-refractivity contribution in [3.63, 3.8) is 0 Å². The Balaban J connectivity index is 2.81. The lowest BCUT2D eigenvalue weighted by Gasteiger charge is -2.03. The number of phenols is 1. The van der Waals surface area contributed by atoms with Crippen LogP contribution in [-0.4, -0.2) is 16.2 Å². The van der Waals surface area contributed by atoms with Crippen molar-refractivity contribution in [2.24, 2.45) is 0 Å². The highest BCUT2D eigenvalue weighted by Gasteiger charge is 2.11. The minimum absolute atomic E-state index is 0.122. The highest BCUT2D eigenvalue weighted by atomic mass is 16.4. The molecule has 0 heterocycles. The first-order valence-corrected chi connectivity index (χ1v) is 4.06. The van der Waals surface area contributed by atoms with E-state index in [2.05, 4.69) is 6.07 Å². The molecule has 3 nitrogen and oxygen atoms in total. The predicted molar refractivity (Wildman–Crippen MR) is 51.4 cm³/mol. The van der Waals surface area contributed by atoms with Crippen molar-refractivity contribution in [2.45, 2.75) is 0 Å². The Bertz CT molecular complexity index is 503. The van der Waals surface area contributed by atoms with Gasteiger partial charge in [-0.15, -0.1) is 0 Å². The molecule has 2 N–H and O–H groups in total. The number of hydrogen-bond donors (Lipinski definition) is 2. The maximum Gasteiger partial charge on any atom is 0.339 e. The first-order chi connectivity index (χ1) is 6.70. The summed E-state index contributed by atoms with van der Waals surface area (Å²) < 4.78 is 0. The van der Waals surface area contributed by atoms with Gasteiger partial charge in [0, 0.05) is 5.39 Å². The Labute approximate surface area is 80.2 Å². The number of carbonyl (C=O) groups is 1. The third kappa shape index (κ3) is 1.19. The van der Waals surface area contributed by atoms with Crippen molar-refractivity contribution >= 4 is 16.7 Å². The summed E-state index contributed by atoms with van der Waals surface area (Å²) in [5.74, 6) is -1.35. The average Bonchev–Trinajstić information content (AvgIpc) is 2.18. The number of fused-ring (bicyclic) bond motifs is 1. The predicted octanol–water partition coefficient (Wildman–Crippen LogP) is 2.04. The van der Waals surface area contributed by atoms with Gasteiger partial charge < -0.3 is 10.2 Å². The molecule has 3 heteroatoms. The fourth-order valence-corrected chi connectivity index (χ4v) is 1.34. The second-order valence-electron chi connectivity index (χ2n) is 2.90. The molecular weight excluding hydrogens is 180 g/mol. The van der Waals surface area contributed by atoms with Gasteiger partial charge in [-0.25, -0.2) is 4.79 Å².